The normalized spacial score (nSPS) is 16.2. The first-order chi connectivity index (χ1) is 12.4. The summed E-state index contributed by atoms with van der Waals surface area (Å²) in [5.74, 6) is 0.814. The zero-order valence-electron chi connectivity index (χ0n) is 14.7. The molecule has 1 aliphatic rings. The second-order valence-electron chi connectivity index (χ2n) is 6.72. The number of para-hydroxylation sites is 1. The summed E-state index contributed by atoms with van der Waals surface area (Å²) in [5, 5.41) is 6.15. The second-order valence-corrected chi connectivity index (χ2v) is 6.72. The Bertz CT molecular complexity index is 738. The molecule has 3 rings (SSSR count). The Balaban J connectivity index is 1.80. The largest absolute Gasteiger partial charge is 0.418 e. The molecule has 0 aliphatic heterocycles. The molecule has 1 aromatic heterocycles. The van der Waals surface area contributed by atoms with Crippen LogP contribution in [-0.4, -0.2) is 16.0 Å². The fraction of sp³-hybridized carbons (Fsp3) is 0.474. The third-order valence-electron chi connectivity index (χ3n) is 4.54. The molecule has 0 saturated heterocycles. The molecule has 4 nitrogen and oxygen atoms in total. The van der Waals surface area contributed by atoms with E-state index in [1.54, 1.807) is 19.1 Å². The lowest BCUT2D eigenvalue weighted by Crippen LogP contribution is -2.20. The van der Waals surface area contributed by atoms with Gasteiger partial charge in [0, 0.05) is 17.8 Å². The van der Waals surface area contributed by atoms with E-state index in [1.165, 1.54) is 37.8 Å². The predicted octanol–water partition coefficient (Wildman–Crippen LogP) is 5.68. The van der Waals surface area contributed by atoms with Gasteiger partial charge in [0.05, 0.1) is 11.3 Å². The van der Waals surface area contributed by atoms with Crippen molar-refractivity contribution in [3.05, 3.63) is 41.6 Å². The van der Waals surface area contributed by atoms with Gasteiger partial charge in [-0.25, -0.2) is 4.98 Å². The molecule has 2 N–H and O–H groups in total. The van der Waals surface area contributed by atoms with Crippen molar-refractivity contribution in [1.82, 2.24) is 9.97 Å². The van der Waals surface area contributed by atoms with Crippen molar-refractivity contribution in [2.45, 2.75) is 57.7 Å². The molecule has 1 saturated carbocycles. The summed E-state index contributed by atoms with van der Waals surface area (Å²) in [6.45, 7) is 1.81. The summed E-state index contributed by atoms with van der Waals surface area (Å²) < 4.78 is 39.5. The lowest BCUT2D eigenvalue weighted by atomic mass is 10.1. The molecule has 1 heterocycles. The van der Waals surface area contributed by atoms with Crippen LogP contribution in [0, 0.1) is 6.92 Å². The van der Waals surface area contributed by atoms with E-state index in [0.717, 1.165) is 18.9 Å². The quantitative estimate of drug-likeness (QED) is 0.685. The maximum Gasteiger partial charge on any atom is 0.418 e. The van der Waals surface area contributed by atoms with Crippen LogP contribution < -0.4 is 10.6 Å². The van der Waals surface area contributed by atoms with Gasteiger partial charge in [-0.3, -0.25) is 0 Å². The standard InChI is InChI=1S/C19H23F3N4/c1-13-12-17(25-16-11-7-6-10-15(16)19(20,21)22)26-18(23-13)24-14-8-4-2-3-5-9-14/h6-7,10-12,14H,2-5,8-9H2,1H3,(H2,23,24,25,26). The van der Waals surface area contributed by atoms with E-state index in [9.17, 15) is 13.2 Å². The Morgan fingerprint density at radius 2 is 1.69 bits per heavy atom. The molecule has 2 aromatic rings. The van der Waals surface area contributed by atoms with Gasteiger partial charge in [-0.05, 0) is 31.9 Å². The van der Waals surface area contributed by atoms with Crippen molar-refractivity contribution in [3.8, 4) is 0 Å². The Labute approximate surface area is 151 Å². The highest BCUT2D eigenvalue weighted by Gasteiger charge is 2.33. The van der Waals surface area contributed by atoms with E-state index in [0.29, 0.717) is 23.5 Å². The van der Waals surface area contributed by atoms with Crippen LogP contribution in [0.2, 0.25) is 0 Å². The van der Waals surface area contributed by atoms with Crippen molar-refractivity contribution in [1.29, 1.82) is 0 Å². The number of nitrogens with one attached hydrogen (secondary N) is 2. The van der Waals surface area contributed by atoms with E-state index < -0.39 is 11.7 Å². The molecule has 1 aromatic carbocycles. The summed E-state index contributed by atoms with van der Waals surface area (Å²) >= 11 is 0. The van der Waals surface area contributed by atoms with Gasteiger partial charge in [-0.15, -0.1) is 0 Å². The molecule has 0 atom stereocenters. The summed E-state index contributed by atoms with van der Waals surface area (Å²) in [7, 11) is 0. The van der Waals surface area contributed by atoms with E-state index in [4.69, 9.17) is 0 Å². The molecular weight excluding hydrogens is 341 g/mol. The molecule has 7 heteroatoms. The van der Waals surface area contributed by atoms with Gasteiger partial charge in [-0.2, -0.15) is 18.2 Å². The number of halogens is 3. The smallest absolute Gasteiger partial charge is 0.351 e. The highest BCUT2D eigenvalue weighted by Crippen LogP contribution is 2.35. The number of hydrogen-bond donors (Lipinski definition) is 2. The molecule has 0 radical (unpaired) electrons. The molecule has 0 unspecified atom stereocenters. The first-order valence-corrected chi connectivity index (χ1v) is 8.97. The van der Waals surface area contributed by atoms with Crippen molar-refractivity contribution >= 4 is 17.5 Å². The fourth-order valence-corrected chi connectivity index (χ4v) is 3.28. The minimum absolute atomic E-state index is 0.0153. The van der Waals surface area contributed by atoms with Gasteiger partial charge < -0.3 is 10.6 Å². The Kier molecular flexibility index (Phi) is 5.64. The number of aryl methyl sites for hydroxylation is 1. The summed E-state index contributed by atoms with van der Waals surface area (Å²) in [6.07, 6.45) is 2.55. The lowest BCUT2D eigenvalue weighted by molar-refractivity contribution is -0.136. The number of aromatic nitrogens is 2. The third kappa shape index (κ3) is 4.86. The van der Waals surface area contributed by atoms with Crippen LogP contribution in [0.3, 0.4) is 0 Å². The predicted molar refractivity (Wildman–Crippen MR) is 96.6 cm³/mol. The third-order valence-corrected chi connectivity index (χ3v) is 4.54. The topological polar surface area (TPSA) is 49.8 Å². The van der Waals surface area contributed by atoms with Gasteiger partial charge in [-0.1, -0.05) is 37.8 Å². The molecule has 140 valence electrons. The van der Waals surface area contributed by atoms with Crippen LogP contribution in [0.4, 0.5) is 30.6 Å². The molecule has 0 spiro atoms. The van der Waals surface area contributed by atoms with E-state index in [-0.39, 0.29) is 5.69 Å². The van der Waals surface area contributed by atoms with Crippen molar-refractivity contribution in [2.75, 3.05) is 10.6 Å². The second kappa shape index (κ2) is 7.93. The van der Waals surface area contributed by atoms with Gasteiger partial charge in [0.15, 0.2) is 0 Å². The molecule has 1 aliphatic carbocycles. The molecule has 0 amide bonds. The average molecular weight is 364 g/mol. The minimum atomic E-state index is -4.42. The number of hydrogen-bond acceptors (Lipinski definition) is 4. The average Bonchev–Trinajstić information content (AvgIpc) is 2.82. The summed E-state index contributed by atoms with van der Waals surface area (Å²) in [4.78, 5) is 8.76. The van der Waals surface area contributed by atoms with E-state index in [2.05, 4.69) is 20.6 Å². The van der Waals surface area contributed by atoms with Gasteiger partial charge >= 0.3 is 6.18 Å². The van der Waals surface area contributed by atoms with Crippen molar-refractivity contribution in [2.24, 2.45) is 0 Å². The number of anilines is 3. The Morgan fingerprint density at radius 1 is 1.00 bits per heavy atom. The zero-order chi connectivity index (χ0) is 18.6. The lowest BCUT2D eigenvalue weighted by Gasteiger charge is -2.18. The zero-order valence-corrected chi connectivity index (χ0v) is 14.7. The van der Waals surface area contributed by atoms with Gasteiger partial charge in [0.2, 0.25) is 5.95 Å². The number of nitrogens with zero attached hydrogens (tertiary/aromatic N) is 2. The molecule has 26 heavy (non-hydrogen) atoms. The number of alkyl halides is 3. The SMILES string of the molecule is Cc1cc(Nc2ccccc2C(F)(F)F)nc(NC2CCCCCC2)n1. The van der Waals surface area contributed by atoms with Crippen molar-refractivity contribution in [3.63, 3.8) is 0 Å². The van der Waals surface area contributed by atoms with Crippen LogP contribution >= 0.6 is 0 Å². The number of rotatable bonds is 4. The number of benzene rings is 1. The maximum atomic E-state index is 13.2. The van der Waals surface area contributed by atoms with Gasteiger partial charge in [0.25, 0.3) is 0 Å². The Morgan fingerprint density at radius 3 is 2.38 bits per heavy atom. The fourth-order valence-electron chi connectivity index (χ4n) is 3.28. The first-order valence-electron chi connectivity index (χ1n) is 8.97. The first kappa shape index (κ1) is 18.5. The molecule has 0 bridgehead atoms. The molecular formula is C19H23F3N4. The van der Waals surface area contributed by atoms with Crippen LogP contribution in [-0.2, 0) is 6.18 Å². The van der Waals surface area contributed by atoms with Crippen LogP contribution in [0.15, 0.2) is 30.3 Å². The molecule has 1 fully saturated rings. The monoisotopic (exact) mass is 364 g/mol. The van der Waals surface area contributed by atoms with Crippen molar-refractivity contribution < 1.29 is 13.2 Å². The summed E-state index contributed by atoms with van der Waals surface area (Å²) in [6, 6.07) is 7.36. The van der Waals surface area contributed by atoms with Gasteiger partial charge in [0.1, 0.15) is 5.82 Å². The maximum absolute atomic E-state index is 13.2. The van der Waals surface area contributed by atoms with E-state index in [1.807, 2.05) is 0 Å². The van der Waals surface area contributed by atoms with Crippen LogP contribution in [0.25, 0.3) is 0 Å². The highest BCUT2D eigenvalue weighted by molar-refractivity contribution is 5.62. The highest BCUT2D eigenvalue weighted by atomic mass is 19.4. The summed E-state index contributed by atoms with van der Waals surface area (Å²) in [5.41, 5.74) is -0.0313. The van der Waals surface area contributed by atoms with Crippen LogP contribution in [0.1, 0.15) is 49.8 Å². The Hall–Kier alpha value is -2.31. The van der Waals surface area contributed by atoms with Crippen LogP contribution in [0.5, 0.6) is 0 Å². The minimum Gasteiger partial charge on any atom is -0.351 e. The van der Waals surface area contributed by atoms with E-state index >= 15 is 0 Å².